The molecule has 1 amide bonds. The molecule has 2 N–H and O–H groups in total. The molecule has 9 nitrogen and oxygen atoms in total. The van der Waals surface area contributed by atoms with Gasteiger partial charge in [0.2, 0.25) is 0 Å². The van der Waals surface area contributed by atoms with Crippen molar-refractivity contribution in [2.45, 2.75) is 24.3 Å². The van der Waals surface area contributed by atoms with Crippen molar-refractivity contribution in [3.8, 4) is 17.2 Å². The minimum Gasteiger partial charge on any atom is -0.488 e. The summed E-state index contributed by atoms with van der Waals surface area (Å²) in [7, 11) is -1.70. The summed E-state index contributed by atoms with van der Waals surface area (Å²) in [6, 6.07) is 10.3. The lowest BCUT2D eigenvalue weighted by Crippen LogP contribution is -2.20. The molecule has 0 fully saturated rings. The monoisotopic (exact) mass is 493 g/mol. The highest BCUT2D eigenvalue weighted by atomic mass is 35.5. The van der Waals surface area contributed by atoms with Gasteiger partial charge in [0.25, 0.3) is 5.91 Å². The van der Waals surface area contributed by atoms with Crippen LogP contribution < -0.4 is 14.8 Å². The van der Waals surface area contributed by atoms with E-state index in [1.807, 2.05) is 6.92 Å². The molecule has 1 atom stereocenters. The van der Waals surface area contributed by atoms with E-state index in [0.29, 0.717) is 18.0 Å². The largest absolute Gasteiger partial charge is 0.488 e. The second-order valence-corrected chi connectivity index (χ2v) is 9.74. The number of hydrogen-bond donors (Lipinski definition) is 2. The average Bonchev–Trinajstić information content (AvgIpc) is 3.17. The molecule has 0 unspecified atom stereocenters. The standard InChI is InChI=1S/C22H24ClN3O6S/c1-4-15(13-27)31-16-9-14(22(28)24-21-7-8-26(2)25-21)10-17(11-16)32-20-6-5-18(12-19(20)23)33(3,29)30/h5-12,15,27H,4,13H2,1-3H3,(H,24,25,28)/t15-/m0/s1. The lowest BCUT2D eigenvalue weighted by molar-refractivity contribution is 0.102. The van der Waals surface area contributed by atoms with Gasteiger partial charge in [-0.05, 0) is 36.8 Å². The molecular weight excluding hydrogens is 470 g/mol. The van der Waals surface area contributed by atoms with Crippen LogP contribution in [0.2, 0.25) is 5.02 Å². The lowest BCUT2D eigenvalue weighted by Gasteiger charge is -2.17. The number of ether oxygens (including phenoxy) is 2. The number of aliphatic hydroxyl groups excluding tert-OH is 1. The third-order valence-corrected chi connectivity index (χ3v) is 6.02. The van der Waals surface area contributed by atoms with Crippen LogP contribution in [-0.4, -0.2) is 48.2 Å². The fourth-order valence-electron chi connectivity index (χ4n) is 2.86. The number of nitrogens with one attached hydrogen (secondary N) is 1. The molecule has 0 aliphatic rings. The first-order valence-electron chi connectivity index (χ1n) is 10.00. The fraction of sp³-hybridized carbons (Fsp3) is 0.273. The van der Waals surface area contributed by atoms with Crippen molar-refractivity contribution in [1.82, 2.24) is 9.78 Å². The predicted octanol–water partition coefficient (Wildman–Crippen LogP) is 3.67. The molecule has 0 saturated heterocycles. The van der Waals surface area contributed by atoms with Crippen LogP contribution in [0.15, 0.2) is 53.6 Å². The van der Waals surface area contributed by atoms with E-state index in [-0.39, 0.29) is 33.6 Å². The second-order valence-electron chi connectivity index (χ2n) is 7.32. The quantitative estimate of drug-likeness (QED) is 0.466. The summed E-state index contributed by atoms with van der Waals surface area (Å²) in [5.41, 5.74) is 0.227. The number of carbonyl (C=O) groups is 1. The Hall–Kier alpha value is -3.08. The molecule has 1 aromatic heterocycles. The molecular formula is C22H24ClN3O6S. The highest BCUT2D eigenvalue weighted by Gasteiger charge is 2.16. The van der Waals surface area contributed by atoms with Gasteiger partial charge in [-0.3, -0.25) is 9.48 Å². The van der Waals surface area contributed by atoms with Gasteiger partial charge in [0.15, 0.2) is 15.7 Å². The number of carbonyl (C=O) groups excluding carboxylic acids is 1. The van der Waals surface area contributed by atoms with E-state index in [0.717, 1.165) is 6.26 Å². The van der Waals surface area contributed by atoms with Crippen LogP contribution in [0, 0.1) is 0 Å². The van der Waals surface area contributed by atoms with Gasteiger partial charge in [0.1, 0.15) is 23.4 Å². The number of aromatic nitrogens is 2. The number of benzene rings is 2. The van der Waals surface area contributed by atoms with Gasteiger partial charge in [-0.1, -0.05) is 18.5 Å². The number of amides is 1. The molecule has 0 spiro atoms. The predicted molar refractivity (Wildman–Crippen MR) is 124 cm³/mol. The number of sulfone groups is 1. The van der Waals surface area contributed by atoms with Crippen LogP contribution in [0.4, 0.5) is 5.82 Å². The van der Waals surface area contributed by atoms with Gasteiger partial charge in [0, 0.05) is 37.2 Å². The Kier molecular flexibility index (Phi) is 7.62. The first kappa shape index (κ1) is 24.6. The molecule has 0 aliphatic heterocycles. The molecule has 0 radical (unpaired) electrons. The number of nitrogens with zero attached hydrogens (tertiary/aromatic N) is 2. The zero-order valence-corrected chi connectivity index (χ0v) is 19.9. The summed E-state index contributed by atoms with van der Waals surface area (Å²) in [6.45, 7) is 1.66. The maximum Gasteiger partial charge on any atom is 0.257 e. The summed E-state index contributed by atoms with van der Waals surface area (Å²) in [5, 5.41) is 16.4. The maximum atomic E-state index is 12.8. The summed E-state index contributed by atoms with van der Waals surface area (Å²) >= 11 is 6.22. The number of rotatable bonds is 9. The fourth-order valence-corrected chi connectivity index (χ4v) is 3.80. The van der Waals surface area contributed by atoms with Crippen molar-refractivity contribution in [1.29, 1.82) is 0 Å². The Morgan fingerprint density at radius 1 is 1.21 bits per heavy atom. The summed E-state index contributed by atoms with van der Waals surface area (Å²) in [5.74, 6) is 0.674. The Bertz CT molecular complexity index is 1250. The van der Waals surface area contributed by atoms with E-state index in [4.69, 9.17) is 21.1 Å². The van der Waals surface area contributed by atoms with E-state index in [1.54, 1.807) is 30.1 Å². The van der Waals surface area contributed by atoms with Gasteiger partial charge >= 0.3 is 0 Å². The molecule has 0 aliphatic carbocycles. The van der Waals surface area contributed by atoms with E-state index in [9.17, 15) is 18.3 Å². The molecule has 0 saturated carbocycles. The van der Waals surface area contributed by atoms with Crippen LogP contribution >= 0.6 is 11.6 Å². The highest BCUT2D eigenvalue weighted by Crippen LogP contribution is 2.34. The van der Waals surface area contributed by atoms with Crippen LogP contribution in [0.25, 0.3) is 0 Å². The third kappa shape index (κ3) is 6.47. The SMILES string of the molecule is CC[C@@H](CO)Oc1cc(Oc2ccc(S(C)(=O)=O)cc2Cl)cc(C(=O)Nc2ccn(C)n2)c1. The van der Waals surface area contributed by atoms with Crippen LogP contribution in [0.1, 0.15) is 23.7 Å². The molecule has 2 aromatic carbocycles. The van der Waals surface area contributed by atoms with Crippen molar-refractivity contribution in [2.75, 3.05) is 18.2 Å². The molecule has 3 aromatic rings. The normalized spacial score (nSPS) is 12.3. The van der Waals surface area contributed by atoms with Crippen LogP contribution in [0.5, 0.6) is 17.2 Å². The summed E-state index contributed by atoms with van der Waals surface area (Å²) in [6.07, 6.45) is 2.86. The Balaban J connectivity index is 1.94. The minimum absolute atomic E-state index is 0.0566. The first-order chi connectivity index (χ1) is 15.6. The topological polar surface area (TPSA) is 120 Å². The molecule has 176 valence electrons. The Morgan fingerprint density at radius 3 is 2.52 bits per heavy atom. The number of hydrogen-bond acceptors (Lipinski definition) is 7. The van der Waals surface area contributed by atoms with Crippen molar-refractivity contribution in [2.24, 2.45) is 7.05 Å². The smallest absolute Gasteiger partial charge is 0.257 e. The zero-order valence-electron chi connectivity index (χ0n) is 18.3. The first-order valence-corrected chi connectivity index (χ1v) is 12.3. The number of aliphatic hydroxyl groups is 1. The van der Waals surface area contributed by atoms with E-state index in [1.165, 1.54) is 30.3 Å². The van der Waals surface area contributed by atoms with Gasteiger partial charge < -0.3 is 19.9 Å². The number of anilines is 1. The van der Waals surface area contributed by atoms with Crippen molar-refractivity contribution >= 4 is 33.2 Å². The average molecular weight is 494 g/mol. The van der Waals surface area contributed by atoms with E-state index >= 15 is 0 Å². The number of halogens is 1. The van der Waals surface area contributed by atoms with Gasteiger partial charge in [0.05, 0.1) is 16.5 Å². The highest BCUT2D eigenvalue weighted by molar-refractivity contribution is 7.90. The zero-order chi connectivity index (χ0) is 24.2. The van der Waals surface area contributed by atoms with Gasteiger partial charge in [-0.15, -0.1) is 0 Å². The van der Waals surface area contributed by atoms with Crippen LogP contribution in [-0.2, 0) is 16.9 Å². The van der Waals surface area contributed by atoms with E-state index < -0.39 is 21.8 Å². The van der Waals surface area contributed by atoms with Gasteiger partial charge in [-0.25, -0.2) is 8.42 Å². The van der Waals surface area contributed by atoms with Crippen molar-refractivity contribution in [3.63, 3.8) is 0 Å². The summed E-state index contributed by atoms with van der Waals surface area (Å²) < 4.78 is 36.7. The number of aryl methyl sites for hydroxylation is 1. The summed E-state index contributed by atoms with van der Waals surface area (Å²) in [4.78, 5) is 12.9. The molecule has 11 heteroatoms. The lowest BCUT2D eigenvalue weighted by atomic mass is 10.1. The Labute approximate surface area is 196 Å². The van der Waals surface area contributed by atoms with Crippen molar-refractivity contribution < 1.29 is 27.8 Å². The molecule has 0 bridgehead atoms. The van der Waals surface area contributed by atoms with Crippen molar-refractivity contribution in [3.05, 3.63) is 59.2 Å². The van der Waals surface area contributed by atoms with E-state index in [2.05, 4.69) is 10.4 Å². The Morgan fingerprint density at radius 2 is 1.94 bits per heavy atom. The minimum atomic E-state index is -3.43. The second kappa shape index (κ2) is 10.2. The molecule has 1 heterocycles. The van der Waals surface area contributed by atoms with Gasteiger partial charge in [-0.2, -0.15) is 5.10 Å². The third-order valence-electron chi connectivity index (χ3n) is 4.62. The van der Waals surface area contributed by atoms with Crippen LogP contribution in [0.3, 0.4) is 0 Å². The maximum absolute atomic E-state index is 12.8. The molecule has 3 rings (SSSR count). The molecule has 33 heavy (non-hydrogen) atoms.